The quantitative estimate of drug-likeness (QED) is 0.779. The minimum atomic E-state index is -3.93. The highest BCUT2D eigenvalue weighted by atomic mass is 79.9. The van der Waals surface area contributed by atoms with Crippen LogP contribution in [0.5, 0.6) is 0 Å². The second-order valence-corrected chi connectivity index (χ2v) is 7.04. The minimum absolute atomic E-state index is 0.0166. The molecule has 1 aromatic heterocycles. The molecule has 1 aromatic rings. The third kappa shape index (κ3) is 3.02. The Bertz CT molecular complexity index is 686. The van der Waals surface area contributed by atoms with Gasteiger partial charge in [0.2, 0.25) is 10.0 Å². The number of nitrogens with zero attached hydrogens (tertiary/aromatic N) is 1. The standard InChI is InChI=1S/C10H12BrN3O5S/c11-6-3-8(9(15)13-4-6)20(17,18)14-2-1-7(5-14)19-10(12)16/h3-4,7H,1-2,5H2,(H2,12,16)(H,13,15). The summed E-state index contributed by atoms with van der Waals surface area (Å²) in [5, 5.41) is 0. The molecule has 1 saturated heterocycles. The summed E-state index contributed by atoms with van der Waals surface area (Å²) in [4.78, 5) is 24.3. The third-order valence-corrected chi connectivity index (χ3v) is 5.17. The van der Waals surface area contributed by atoms with Crippen LogP contribution in [0.2, 0.25) is 0 Å². The second kappa shape index (κ2) is 5.54. The largest absolute Gasteiger partial charge is 0.445 e. The van der Waals surface area contributed by atoms with Crippen LogP contribution in [0, 0.1) is 0 Å². The molecule has 0 aromatic carbocycles. The number of carbonyl (C=O) groups is 1. The van der Waals surface area contributed by atoms with E-state index in [1.54, 1.807) is 0 Å². The number of hydrogen-bond acceptors (Lipinski definition) is 5. The fourth-order valence-corrected chi connectivity index (χ4v) is 4.00. The molecule has 10 heteroatoms. The van der Waals surface area contributed by atoms with Gasteiger partial charge in [-0.05, 0) is 28.4 Å². The van der Waals surface area contributed by atoms with E-state index in [1.807, 2.05) is 0 Å². The van der Waals surface area contributed by atoms with Gasteiger partial charge >= 0.3 is 6.09 Å². The zero-order valence-corrected chi connectivity index (χ0v) is 12.6. The number of nitrogens with one attached hydrogen (secondary N) is 1. The van der Waals surface area contributed by atoms with Crippen molar-refractivity contribution in [2.24, 2.45) is 5.73 Å². The lowest BCUT2D eigenvalue weighted by molar-refractivity contribution is 0.114. The van der Waals surface area contributed by atoms with E-state index in [-0.39, 0.29) is 18.0 Å². The van der Waals surface area contributed by atoms with Crippen molar-refractivity contribution in [3.63, 3.8) is 0 Å². The Morgan fingerprint density at radius 3 is 2.90 bits per heavy atom. The van der Waals surface area contributed by atoms with Crippen LogP contribution in [0.1, 0.15) is 6.42 Å². The lowest BCUT2D eigenvalue weighted by Crippen LogP contribution is -2.34. The smallest absolute Gasteiger partial charge is 0.404 e. The zero-order chi connectivity index (χ0) is 14.9. The molecule has 1 aliphatic heterocycles. The van der Waals surface area contributed by atoms with E-state index in [0.717, 1.165) is 4.31 Å². The van der Waals surface area contributed by atoms with E-state index in [9.17, 15) is 18.0 Å². The monoisotopic (exact) mass is 365 g/mol. The molecule has 3 N–H and O–H groups in total. The van der Waals surface area contributed by atoms with Gasteiger partial charge in [0.1, 0.15) is 11.0 Å². The number of ether oxygens (including phenoxy) is 1. The fourth-order valence-electron chi connectivity index (χ4n) is 1.95. The van der Waals surface area contributed by atoms with Crippen molar-refractivity contribution in [3.8, 4) is 0 Å². The first-order chi connectivity index (χ1) is 9.30. The van der Waals surface area contributed by atoms with Crippen LogP contribution in [0.15, 0.2) is 26.4 Å². The summed E-state index contributed by atoms with van der Waals surface area (Å²) in [5.41, 5.74) is 4.19. The van der Waals surface area contributed by atoms with Gasteiger partial charge in [0.15, 0.2) is 0 Å². The third-order valence-electron chi connectivity index (χ3n) is 2.84. The highest BCUT2D eigenvalue weighted by Crippen LogP contribution is 2.22. The summed E-state index contributed by atoms with van der Waals surface area (Å²) >= 11 is 3.10. The van der Waals surface area contributed by atoms with E-state index >= 15 is 0 Å². The van der Waals surface area contributed by atoms with Crippen LogP contribution in [-0.2, 0) is 14.8 Å². The Morgan fingerprint density at radius 2 is 2.25 bits per heavy atom. The number of hydrogen-bond donors (Lipinski definition) is 2. The lowest BCUT2D eigenvalue weighted by atomic mass is 10.3. The van der Waals surface area contributed by atoms with Gasteiger partial charge in [-0.3, -0.25) is 4.79 Å². The number of aromatic nitrogens is 1. The number of amides is 1. The molecule has 8 nitrogen and oxygen atoms in total. The van der Waals surface area contributed by atoms with E-state index in [1.165, 1.54) is 12.3 Å². The van der Waals surface area contributed by atoms with Crippen molar-refractivity contribution in [1.82, 2.24) is 9.29 Å². The molecule has 1 amide bonds. The number of primary amides is 1. The number of aromatic amines is 1. The van der Waals surface area contributed by atoms with Crippen molar-refractivity contribution in [2.75, 3.05) is 13.1 Å². The van der Waals surface area contributed by atoms with Crippen LogP contribution in [0.4, 0.5) is 4.79 Å². The molecule has 20 heavy (non-hydrogen) atoms. The Morgan fingerprint density at radius 1 is 1.55 bits per heavy atom. The molecule has 0 saturated carbocycles. The zero-order valence-electron chi connectivity index (χ0n) is 10.2. The summed E-state index contributed by atoms with van der Waals surface area (Å²) in [6, 6.07) is 1.23. The lowest BCUT2D eigenvalue weighted by Gasteiger charge is -2.15. The highest BCUT2D eigenvalue weighted by Gasteiger charge is 2.35. The number of H-pyrrole nitrogens is 1. The van der Waals surface area contributed by atoms with Crippen LogP contribution >= 0.6 is 15.9 Å². The molecular weight excluding hydrogens is 354 g/mol. The molecule has 0 spiro atoms. The predicted molar refractivity (Wildman–Crippen MR) is 72.6 cm³/mol. The molecule has 2 rings (SSSR count). The summed E-state index contributed by atoms with van der Waals surface area (Å²) in [6.07, 6.45) is 0.154. The van der Waals surface area contributed by atoms with Gasteiger partial charge in [0, 0.05) is 17.2 Å². The molecule has 0 bridgehead atoms. The number of carbonyl (C=O) groups excluding carboxylic acids is 1. The van der Waals surface area contributed by atoms with Gasteiger partial charge in [-0.25, -0.2) is 13.2 Å². The van der Waals surface area contributed by atoms with Gasteiger partial charge < -0.3 is 15.5 Å². The maximum Gasteiger partial charge on any atom is 0.404 e. The summed E-state index contributed by atoms with van der Waals surface area (Å²) in [6.45, 7) is 0.142. The SMILES string of the molecule is NC(=O)OC1CCN(S(=O)(=O)c2cc(Br)c[nH]c2=O)C1. The molecule has 1 unspecified atom stereocenters. The average Bonchev–Trinajstić information content (AvgIpc) is 2.80. The van der Waals surface area contributed by atoms with Crippen LogP contribution < -0.4 is 11.3 Å². The van der Waals surface area contributed by atoms with Crippen molar-refractivity contribution in [3.05, 3.63) is 27.1 Å². The molecule has 1 aliphatic rings. The summed E-state index contributed by atoms with van der Waals surface area (Å²) in [5.74, 6) is 0. The average molecular weight is 366 g/mol. The van der Waals surface area contributed by atoms with Gasteiger partial charge in [-0.15, -0.1) is 0 Å². The Labute approximate surface area is 123 Å². The molecular formula is C10H12BrN3O5S. The molecule has 0 aliphatic carbocycles. The van der Waals surface area contributed by atoms with E-state index in [0.29, 0.717) is 10.9 Å². The van der Waals surface area contributed by atoms with Crippen molar-refractivity contribution >= 4 is 32.0 Å². The molecule has 1 atom stereocenters. The normalized spacial score (nSPS) is 19.9. The number of rotatable bonds is 3. The maximum absolute atomic E-state index is 12.4. The van der Waals surface area contributed by atoms with Crippen LogP contribution in [0.3, 0.4) is 0 Å². The maximum atomic E-state index is 12.4. The number of sulfonamides is 1. The minimum Gasteiger partial charge on any atom is -0.445 e. The highest BCUT2D eigenvalue weighted by molar-refractivity contribution is 9.10. The van der Waals surface area contributed by atoms with Gasteiger partial charge in [0.05, 0.1) is 6.54 Å². The second-order valence-electron chi connectivity index (χ2n) is 4.22. The first kappa shape index (κ1) is 15.0. The van der Waals surface area contributed by atoms with E-state index < -0.39 is 27.8 Å². The number of nitrogens with two attached hydrogens (primary N) is 1. The Kier molecular flexibility index (Phi) is 4.16. The molecule has 1 fully saturated rings. The summed E-state index contributed by atoms with van der Waals surface area (Å²) < 4.78 is 31.0. The van der Waals surface area contributed by atoms with Gasteiger partial charge in [0.25, 0.3) is 5.56 Å². The van der Waals surface area contributed by atoms with Crippen LogP contribution in [0.25, 0.3) is 0 Å². The van der Waals surface area contributed by atoms with Gasteiger partial charge in [-0.1, -0.05) is 0 Å². The summed E-state index contributed by atoms with van der Waals surface area (Å²) in [7, 11) is -3.93. The fraction of sp³-hybridized carbons (Fsp3) is 0.400. The first-order valence-corrected chi connectivity index (χ1v) is 7.88. The Hall–Kier alpha value is -1.39. The van der Waals surface area contributed by atoms with E-state index in [2.05, 4.69) is 20.9 Å². The van der Waals surface area contributed by atoms with Crippen molar-refractivity contribution < 1.29 is 17.9 Å². The van der Waals surface area contributed by atoms with E-state index in [4.69, 9.17) is 10.5 Å². The first-order valence-electron chi connectivity index (χ1n) is 5.65. The number of halogens is 1. The predicted octanol–water partition coefficient (Wildman–Crippen LogP) is -0.00430. The Balaban J connectivity index is 2.26. The molecule has 2 heterocycles. The molecule has 110 valence electrons. The topological polar surface area (TPSA) is 123 Å². The van der Waals surface area contributed by atoms with Crippen molar-refractivity contribution in [1.29, 1.82) is 0 Å². The molecule has 0 radical (unpaired) electrons. The van der Waals surface area contributed by atoms with Gasteiger partial charge in [-0.2, -0.15) is 4.31 Å². The number of pyridine rings is 1. The van der Waals surface area contributed by atoms with Crippen LogP contribution in [-0.4, -0.2) is 43.0 Å². The van der Waals surface area contributed by atoms with Crippen molar-refractivity contribution in [2.45, 2.75) is 17.4 Å².